The van der Waals surface area contributed by atoms with Crippen LogP contribution in [0, 0.1) is 0 Å². The highest BCUT2D eigenvalue weighted by molar-refractivity contribution is 7.12. The zero-order chi connectivity index (χ0) is 15.4. The third-order valence-corrected chi connectivity index (χ3v) is 3.92. The van der Waals surface area contributed by atoms with Crippen LogP contribution in [0.1, 0.15) is 29.4 Å². The Morgan fingerprint density at radius 2 is 2.24 bits per heavy atom. The van der Waals surface area contributed by atoms with Crippen molar-refractivity contribution in [1.82, 2.24) is 4.90 Å². The second-order valence-corrected chi connectivity index (χ2v) is 5.53. The fourth-order valence-electron chi connectivity index (χ4n) is 2.24. The Balaban J connectivity index is 2.05. The summed E-state index contributed by atoms with van der Waals surface area (Å²) in [4.78, 5) is 25.0. The summed E-state index contributed by atoms with van der Waals surface area (Å²) in [6, 6.07) is 1.34. The van der Waals surface area contributed by atoms with E-state index < -0.39 is 12.6 Å². The van der Waals surface area contributed by atoms with E-state index in [1.54, 1.807) is 0 Å². The van der Waals surface area contributed by atoms with Gasteiger partial charge in [0.1, 0.15) is 16.7 Å². The molecule has 1 fully saturated rings. The Morgan fingerprint density at radius 3 is 2.90 bits per heavy atom. The highest BCUT2D eigenvalue weighted by Crippen LogP contribution is 2.29. The van der Waals surface area contributed by atoms with Crippen LogP contribution in [0.5, 0.6) is 5.75 Å². The smallest absolute Gasteiger partial charge is 0.387 e. The first-order valence-corrected chi connectivity index (χ1v) is 7.34. The molecule has 1 unspecified atom stereocenters. The number of hydrogen-bond donors (Lipinski definition) is 0. The first kappa shape index (κ1) is 15.7. The van der Waals surface area contributed by atoms with E-state index >= 15 is 0 Å². The summed E-state index contributed by atoms with van der Waals surface area (Å²) in [6.07, 6.45) is 1.04. The van der Waals surface area contributed by atoms with Crippen molar-refractivity contribution in [2.24, 2.45) is 0 Å². The lowest BCUT2D eigenvalue weighted by Gasteiger charge is -2.32. The first-order chi connectivity index (χ1) is 9.97. The molecule has 0 spiro atoms. The van der Waals surface area contributed by atoms with E-state index in [4.69, 9.17) is 4.74 Å². The highest BCUT2D eigenvalue weighted by atomic mass is 32.1. The molecule has 8 heteroatoms. The van der Waals surface area contributed by atoms with Crippen molar-refractivity contribution >= 4 is 23.2 Å². The number of piperidine rings is 1. The van der Waals surface area contributed by atoms with Gasteiger partial charge in [0.25, 0.3) is 5.91 Å². The van der Waals surface area contributed by atoms with Crippen molar-refractivity contribution < 1.29 is 27.8 Å². The number of rotatable bonds is 4. The molecule has 0 aliphatic carbocycles. The molecule has 1 aliphatic heterocycles. The molecule has 0 radical (unpaired) electrons. The molecule has 1 atom stereocenters. The molecule has 1 aromatic rings. The van der Waals surface area contributed by atoms with Gasteiger partial charge in [-0.1, -0.05) is 0 Å². The molecule has 2 heterocycles. The summed E-state index contributed by atoms with van der Waals surface area (Å²) in [6.45, 7) is -0.886. The Labute approximate surface area is 124 Å². The highest BCUT2D eigenvalue weighted by Gasteiger charge is 2.29. The number of likely N-dealkylation sites (tertiary alicyclic amines) is 1. The maximum Gasteiger partial charge on any atom is 0.387 e. The molecule has 1 saturated heterocycles. The van der Waals surface area contributed by atoms with E-state index in [9.17, 15) is 18.4 Å². The molecular formula is C13H15F2NO4S. The lowest BCUT2D eigenvalue weighted by Crippen LogP contribution is -2.43. The summed E-state index contributed by atoms with van der Waals surface area (Å²) >= 11 is 1.05. The summed E-state index contributed by atoms with van der Waals surface area (Å²) in [5.74, 6) is -0.890. The summed E-state index contributed by atoms with van der Waals surface area (Å²) in [7, 11) is 0. The van der Waals surface area contributed by atoms with Gasteiger partial charge in [-0.05, 0) is 24.3 Å². The number of thiophene rings is 1. The van der Waals surface area contributed by atoms with Crippen molar-refractivity contribution in [1.29, 1.82) is 0 Å². The minimum atomic E-state index is -2.97. The van der Waals surface area contributed by atoms with Crippen molar-refractivity contribution in [3.63, 3.8) is 0 Å². The molecule has 0 bridgehead atoms. The van der Waals surface area contributed by atoms with Crippen molar-refractivity contribution in [2.75, 3.05) is 13.1 Å². The standard InChI is InChI=1S/C13H15F2NO4S/c1-8(17)19-9-3-2-5-16(7-9)12(18)11-10(4-6-21-11)20-13(14)15/h4,6,9,13H,2-3,5,7H2,1H3. The molecular weight excluding hydrogens is 304 g/mol. The Morgan fingerprint density at radius 1 is 1.48 bits per heavy atom. The summed E-state index contributed by atoms with van der Waals surface area (Å²) < 4.78 is 34.0. The molecule has 5 nitrogen and oxygen atoms in total. The molecule has 2 rings (SSSR count). The Hall–Kier alpha value is -1.70. The van der Waals surface area contributed by atoms with Gasteiger partial charge in [-0.25, -0.2) is 0 Å². The third kappa shape index (κ3) is 4.13. The Kier molecular flexibility index (Phi) is 5.11. The topological polar surface area (TPSA) is 55.8 Å². The number of amides is 1. The average Bonchev–Trinajstić information content (AvgIpc) is 2.84. The lowest BCUT2D eigenvalue weighted by molar-refractivity contribution is -0.148. The van der Waals surface area contributed by atoms with Crippen molar-refractivity contribution in [2.45, 2.75) is 32.5 Å². The Bertz CT molecular complexity index is 520. The van der Waals surface area contributed by atoms with Crippen molar-refractivity contribution in [3.05, 3.63) is 16.3 Å². The van der Waals surface area contributed by atoms with Crippen LogP contribution in [0.3, 0.4) is 0 Å². The van der Waals surface area contributed by atoms with Gasteiger partial charge in [-0.15, -0.1) is 11.3 Å². The zero-order valence-corrected chi connectivity index (χ0v) is 12.2. The van der Waals surface area contributed by atoms with Crippen LogP contribution in [0.4, 0.5) is 8.78 Å². The predicted octanol–water partition coefficient (Wildman–Crippen LogP) is 2.52. The van der Waals surface area contributed by atoms with E-state index in [2.05, 4.69) is 4.74 Å². The molecule has 1 amide bonds. The number of carbonyl (C=O) groups excluding carboxylic acids is 2. The van der Waals surface area contributed by atoms with Gasteiger partial charge in [-0.3, -0.25) is 9.59 Å². The lowest BCUT2D eigenvalue weighted by atomic mass is 10.1. The van der Waals surface area contributed by atoms with Gasteiger partial charge in [0, 0.05) is 13.5 Å². The van der Waals surface area contributed by atoms with Crippen LogP contribution < -0.4 is 4.74 Å². The second-order valence-electron chi connectivity index (χ2n) is 4.62. The molecule has 116 valence electrons. The number of hydrogen-bond acceptors (Lipinski definition) is 5. The number of halogens is 2. The molecule has 0 saturated carbocycles. The molecule has 0 N–H and O–H groups in total. The van der Waals surface area contributed by atoms with Crippen LogP contribution in [-0.4, -0.2) is 42.6 Å². The fourth-order valence-corrected chi connectivity index (χ4v) is 3.03. The summed E-state index contributed by atoms with van der Waals surface area (Å²) in [5, 5.41) is 1.53. The molecule has 1 aromatic heterocycles. The minimum absolute atomic E-state index is 0.116. The van der Waals surface area contributed by atoms with E-state index in [1.807, 2.05) is 0 Å². The largest absolute Gasteiger partial charge is 0.461 e. The maximum atomic E-state index is 12.4. The maximum absolute atomic E-state index is 12.4. The van der Waals surface area contributed by atoms with Gasteiger partial charge < -0.3 is 14.4 Å². The van der Waals surface area contributed by atoms with Crippen molar-refractivity contribution in [3.8, 4) is 5.75 Å². The van der Waals surface area contributed by atoms with Crippen LogP contribution in [-0.2, 0) is 9.53 Å². The van der Waals surface area contributed by atoms with Crippen LogP contribution in [0.25, 0.3) is 0 Å². The molecule has 21 heavy (non-hydrogen) atoms. The van der Waals surface area contributed by atoms with Crippen LogP contribution in [0.15, 0.2) is 11.4 Å². The first-order valence-electron chi connectivity index (χ1n) is 6.46. The van der Waals surface area contributed by atoms with E-state index in [0.29, 0.717) is 19.4 Å². The number of alkyl halides is 2. The SMILES string of the molecule is CC(=O)OC1CCCN(C(=O)c2sccc2OC(F)F)C1. The monoisotopic (exact) mass is 319 g/mol. The number of nitrogens with zero attached hydrogens (tertiary/aromatic N) is 1. The number of ether oxygens (including phenoxy) is 2. The van der Waals surface area contributed by atoms with Gasteiger partial charge in [0.2, 0.25) is 0 Å². The van der Waals surface area contributed by atoms with Gasteiger partial charge in [0.15, 0.2) is 0 Å². The quantitative estimate of drug-likeness (QED) is 0.800. The fraction of sp³-hybridized carbons (Fsp3) is 0.538. The normalized spacial score (nSPS) is 18.7. The number of esters is 1. The summed E-state index contributed by atoms with van der Waals surface area (Å²) in [5.41, 5.74) is 0. The van der Waals surface area contributed by atoms with Gasteiger partial charge in [0.05, 0.1) is 6.54 Å². The van der Waals surface area contributed by atoms with Crippen LogP contribution >= 0.6 is 11.3 Å². The second kappa shape index (κ2) is 6.84. The van der Waals surface area contributed by atoms with Gasteiger partial charge >= 0.3 is 12.6 Å². The van der Waals surface area contributed by atoms with E-state index in [0.717, 1.165) is 11.3 Å². The van der Waals surface area contributed by atoms with E-state index in [1.165, 1.54) is 23.3 Å². The molecule has 1 aliphatic rings. The van der Waals surface area contributed by atoms with Crippen LogP contribution in [0.2, 0.25) is 0 Å². The van der Waals surface area contributed by atoms with Gasteiger partial charge in [-0.2, -0.15) is 8.78 Å². The number of carbonyl (C=O) groups is 2. The average molecular weight is 319 g/mol. The molecule has 0 aromatic carbocycles. The van der Waals surface area contributed by atoms with E-state index in [-0.39, 0.29) is 29.2 Å². The zero-order valence-electron chi connectivity index (χ0n) is 11.4. The predicted molar refractivity (Wildman–Crippen MR) is 71.6 cm³/mol. The minimum Gasteiger partial charge on any atom is -0.461 e. The third-order valence-electron chi connectivity index (χ3n) is 3.04.